The van der Waals surface area contributed by atoms with Gasteiger partial charge in [-0.3, -0.25) is 0 Å². The lowest BCUT2D eigenvalue weighted by atomic mass is 9.86. The summed E-state index contributed by atoms with van der Waals surface area (Å²) in [5, 5.41) is 0. The highest BCUT2D eigenvalue weighted by Gasteiger charge is 2.25. The van der Waals surface area contributed by atoms with Crippen molar-refractivity contribution < 1.29 is 0 Å². The average Bonchev–Trinajstić information content (AvgIpc) is 2.31. The van der Waals surface area contributed by atoms with Gasteiger partial charge in [0.2, 0.25) is 0 Å². The third-order valence-electron chi connectivity index (χ3n) is 3.46. The fourth-order valence-electron chi connectivity index (χ4n) is 2.38. The molecule has 0 radical (unpaired) electrons. The highest BCUT2D eigenvalue weighted by molar-refractivity contribution is 6.18. The lowest BCUT2D eigenvalue weighted by molar-refractivity contribution is 0.185. The number of hydrogen-bond donors (Lipinski definition) is 0. The van der Waals surface area contributed by atoms with Crippen LogP contribution in [0.25, 0.3) is 0 Å². The summed E-state index contributed by atoms with van der Waals surface area (Å²) in [6.07, 6.45) is 2.46. The molecule has 1 aromatic carbocycles. The molecule has 0 bridgehead atoms. The van der Waals surface area contributed by atoms with Crippen LogP contribution >= 0.6 is 11.6 Å². The molecule has 1 fully saturated rings. The smallest absolute Gasteiger partial charge is 0.0379 e. The first kappa shape index (κ1) is 11.0. The zero-order chi connectivity index (χ0) is 10.7. The molecule has 2 rings (SSSR count). The molecule has 0 aromatic heterocycles. The Morgan fingerprint density at radius 3 is 2.73 bits per heavy atom. The van der Waals surface area contributed by atoms with E-state index in [1.54, 1.807) is 0 Å². The maximum atomic E-state index is 5.99. The molecule has 1 heterocycles. The Balaban J connectivity index is 2.06. The quantitative estimate of drug-likeness (QED) is 0.697. The van der Waals surface area contributed by atoms with Gasteiger partial charge in [-0.2, -0.15) is 0 Å². The van der Waals surface area contributed by atoms with Crippen LogP contribution < -0.4 is 0 Å². The van der Waals surface area contributed by atoms with E-state index in [0.29, 0.717) is 12.0 Å². The lowest BCUT2D eigenvalue weighted by Crippen LogP contribution is -2.40. The van der Waals surface area contributed by atoms with E-state index in [1.807, 2.05) is 0 Å². The summed E-state index contributed by atoms with van der Waals surface area (Å²) in [5.74, 6) is 1.45. The summed E-state index contributed by atoms with van der Waals surface area (Å²) < 4.78 is 0. The number of hydrogen-bond acceptors (Lipinski definition) is 1. The van der Waals surface area contributed by atoms with Crippen LogP contribution in [0.1, 0.15) is 24.3 Å². The third kappa shape index (κ3) is 2.53. The van der Waals surface area contributed by atoms with Gasteiger partial charge in [-0.15, -0.1) is 11.6 Å². The molecule has 2 heteroatoms. The highest BCUT2D eigenvalue weighted by Crippen LogP contribution is 2.30. The standard InChI is InChI=1S/C13H18ClN/c1-15-8-7-12(9-13(15)10-14)11-5-3-2-4-6-11/h2-6,12-13H,7-10H2,1H3. The molecule has 0 saturated carbocycles. The number of likely N-dealkylation sites (tertiary alicyclic amines) is 1. The summed E-state index contributed by atoms with van der Waals surface area (Å²) in [5.41, 5.74) is 1.47. The van der Waals surface area contributed by atoms with Crippen molar-refractivity contribution in [1.82, 2.24) is 4.90 Å². The van der Waals surface area contributed by atoms with E-state index >= 15 is 0 Å². The second-order valence-electron chi connectivity index (χ2n) is 4.42. The van der Waals surface area contributed by atoms with E-state index in [1.165, 1.54) is 18.4 Å². The monoisotopic (exact) mass is 223 g/mol. The number of benzene rings is 1. The van der Waals surface area contributed by atoms with Gasteiger partial charge in [-0.05, 0) is 37.9 Å². The van der Waals surface area contributed by atoms with Crippen LogP contribution in [0.5, 0.6) is 0 Å². The van der Waals surface area contributed by atoms with E-state index in [0.717, 1.165) is 12.4 Å². The van der Waals surface area contributed by atoms with E-state index in [4.69, 9.17) is 11.6 Å². The Bertz CT molecular complexity index is 299. The van der Waals surface area contributed by atoms with Crippen molar-refractivity contribution >= 4 is 11.6 Å². The average molecular weight is 224 g/mol. The SMILES string of the molecule is CN1CCC(c2ccccc2)CC1CCl. The number of halogens is 1. The summed E-state index contributed by atoms with van der Waals surface area (Å²) in [7, 11) is 2.17. The Labute approximate surface area is 97.0 Å². The molecule has 1 aliphatic rings. The molecule has 2 unspecified atom stereocenters. The molecular weight excluding hydrogens is 206 g/mol. The number of alkyl halides is 1. The lowest BCUT2D eigenvalue weighted by Gasteiger charge is -2.36. The topological polar surface area (TPSA) is 3.24 Å². The summed E-state index contributed by atoms with van der Waals surface area (Å²) in [4.78, 5) is 2.38. The van der Waals surface area contributed by atoms with Gasteiger partial charge >= 0.3 is 0 Å². The minimum absolute atomic E-state index is 0.547. The zero-order valence-electron chi connectivity index (χ0n) is 9.20. The van der Waals surface area contributed by atoms with Crippen LogP contribution in [-0.4, -0.2) is 30.4 Å². The van der Waals surface area contributed by atoms with Crippen molar-refractivity contribution in [2.75, 3.05) is 19.5 Å². The molecule has 1 saturated heterocycles. The summed E-state index contributed by atoms with van der Waals surface area (Å²) >= 11 is 5.99. The molecular formula is C13H18ClN. The fraction of sp³-hybridized carbons (Fsp3) is 0.538. The molecule has 0 spiro atoms. The first-order chi connectivity index (χ1) is 7.31. The van der Waals surface area contributed by atoms with Crippen molar-refractivity contribution in [2.24, 2.45) is 0 Å². The van der Waals surface area contributed by atoms with Gasteiger partial charge in [-0.25, -0.2) is 0 Å². The molecule has 1 nitrogen and oxygen atoms in total. The van der Waals surface area contributed by atoms with Crippen LogP contribution in [0.2, 0.25) is 0 Å². The minimum atomic E-state index is 0.547. The molecule has 0 aliphatic carbocycles. The first-order valence-corrected chi connectivity index (χ1v) is 6.16. The normalized spacial score (nSPS) is 27.9. The van der Waals surface area contributed by atoms with Crippen LogP contribution in [0.15, 0.2) is 30.3 Å². The number of piperidine rings is 1. The maximum absolute atomic E-state index is 5.99. The highest BCUT2D eigenvalue weighted by atomic mass is 35.5. The van der Waals surface area contributed by atoms with Crippen molar-refractivity contribution in [3.63, 3.8) is 0 Å². The van der Waals surface area contributed by atoms with Gasteiger partial charge in [-0.1, -0.05) is 30.3 Å². The molecule has 1 aliphatic heterocycles. The van der Waals surface area contributed by atoms with Crippen LogP contribution in [0, 0.1) is 0 Å². The fourth-order valence-corrected chi connectivity index (χ4v) is 2.74. The van der Waals surface area contributed by atoms with E-state index in [2.05, 4.69) is 42.3 Å². The molecule has 1 aromatic rings. The largest absolute Gasteiger partial charge is 0.302 e. The maximum Gasteiger partial charge on any atom is 0.0379 e. The van der Waals surface area contributed by atoms with Crippen molar-refractivity contribution in [2.45, 2.75) is 24.8 Å². The second kappa shape index (κ2) is 5.00. The Morgan fingerprint density at radius 2 is 2.07 bits per heavy atom. The Morgan fingerprint density at radius 1 is 1.33 bits per heavy atom. The van der Waals surface area contributed by atoms with Gasteiger partial charge in [0.05, 0.1) is 0 Å². The van der Waals surface area contributed by atoms with Crippen LogP contribution in [0.4, 0.5) is 0 Å². The second-order valence-corrected chi connectivity index (χ2v) is 4.73. The Kier molecular flexibility index (Phi) is 3.66. The zero-order valence-corrected chi connectivity index (χ0v) is 9.95. The van der Waals surface area contributed by atoms with Crippen molar-refractivity contribution in [3.05, 3.63) is 35.9 Å². The van der Waals surface area contributed by atoms with Crippen LogP contribution in [0.3, 0.4) is 0 Å². The molecule has 0 amide bonds. The van der Waals surface area contributed by atoms with Gasteiger partial charge in [0.15, 0.2) is 0 Å². The minimum Gasteiger partial charge on any atom is -0.302 e. The predicted octanol–water partition coefficient (Wildman–Crippen LogP) is 3.10. The summed E-state index contributed by atoms with van der Waals surface area (Å²) in [6, 6.07) is 11.4. The number of rotatable bonds is 2. The molecule has 15 heavy (non-hydrogen) atoms. The van der Waals surface area contributed by atoms with E-state index in [-0.39, 0.29) is 0 Å². The molecule has 82 valence electrons. The van der Waals surface area contributed by atoms with E-state index < -0.39 is 0 Å². The van der Waals surface area contributed by atoms with Gasteiger partial charge in [0.25, 0.3) is 0 Å². The Hall–Kier alpha value is -0.530. The third-order valence-corrected chi connectivity index (χ3v) is 3.82. The van der Waals surface area contributed by atoms with Crippen LogP contribution in [-0.2, 0) is 0 Å². The first-order valence-electron chi connectivity index (χ1n) is 5.62. The van der Waals surface area contributed by atoms with Crippen molar-refractivity contribution in [3.8, 4) is 0 Å². The summed E-state index contributed by atoms with van der Waals surface area (Å²) in [6.45, 7) is 1.16. The van der Waals surface area contributed by atoms with E-state index in [9.17, 15) is 0 Å². The molecule has 0 N–H and O–H groups in total. The van der Waals surface area contributed by atoms with Crippen molar-refractivity contribution in [1.29, 1.82) is 0 Å². The molecule has 2 atom stereocenters. The van der Waals surface area contributed by atoms with Gasteiger partial charge in [0, 0.05) is 11.9 Å². The van der Waals surface area contributed by atoms with Gasteiger partial charge in [0.1, 0.15) is 0 Å². The van der Waals surface area contributed by atoms with Gasteiger partial charge < -0.3 is 4.90 Å². The number of nitrogens with zero attached hydrogens (tertiary/aromatic N) is 1. The predicted molar refractivity (Wildman–Crippen MR) is 65.6 cm³/mol.